The first-order valence-corrected chi connectivity index (χ1v) is 8.28. The van der Waals surface area contributed by atoms with E-state index in [2.05, 4.69) is 42.3 Å². The fraction of sp³-hybridized carbons (Fsp3) is 0.667. The molecule has 1 aromatic rings. The highest BCUT2D eigenvalue weighted by Crippen LogP contribution is 2.41. The summed E-state index contributed by atoms with van der Waals surface area (Å²) in [6.45, 7) is 9.30. The maximum atomic E-state index is 3.50. The van der Waals surface area contributed by atoms with Gasteiger partial charge in [0.15, 0.2) is 0 Å². The minimum Gasteiger partial charge on any atom is -0.314 e. The lowest BCUT2D eigenvalue weighted by Gasteiger charge is -2.40. The molecular formula is C18H28N2. The lowest BCUT2D eigenvalue weighted by Crippen LogP contribution is -2.47. The highest BCUT2D eigenvalue weighted by atomic mass is 15.2. The van der Waals surface area contributed by atoms with Gasteiger partial charge < -0.3 is 5.32 Å². The molecular weight excluding hydrogens is 244 g/mol. The van der Waals surface area contributed by atoms with Gasteiger partial charge in [0.1, 0.15) is 0 Å². The van der Waals surface area contributed by atoms with Crippen LogP contribution in [0.15, 0.2) is 18.2 Å². The normalized spacial score (nSPS) is 23.1. The van der Waals surface area contributed by atoms with Crippen molar-refractivity contribution in [2.75, 3.05) is 26.2 Å². The maximum Gasteiger partial charge on any atom is 0.0382 e. The van der Waals surface area contributed by atoms with E-state index in [1.807, 2.05) is 0 Å². The molecule has 2 heteroatoms. The summed E-state index contributed by atoms with van der Waals surface area (Å²) in [6.07, 6.45) is 5.70. The van der Waals surface area contributed by atoms with Crippen molar-refractivity contribution < 1.29 is 0 Å². The van der Waals surface area contributed by atoms with E-state index in [-0.39, 0.29) is 0 Å². The fourth-order valence-electron chi connectivity index (χ4n) is 4.24. The van der Waals surface area contributed by atoms with Crippen molar-refractivity contribution in [2.45, 2.75) is 45.6 Å². The average Bonchev–Trinajstić information content (AvgIpc) is 2.98. The monoisotopic (exact) mass is 272 g/mol. The molecule has 1 aromatic carbocycles. The molecule has 2 aliphatic rings. The van der Waals surface area contributed by atoms with E-state index in [1.165, 1.54) is 49.9 Å². The highest BCUT2D eigenvalue weighted by Gasteiger charge is 2.33. The molecule has 1 heterocycles. The summed E-state index contributed by atoms with van der Waals surface area (Å²) in [4.78, 5) is 2.75. The Bertz CT molecular complexity index is 422. The number of rotatable bonds is 3. The third-order valence-corrected chi connectivity index (χ3v) is 5.23. The standard InChI is InChI=1S/C18H28N2/c1-14-6-5-7-15(2)17(14)18(16-8-3-4-9-16)20-12-10-19-11-13-20/h5-7,16,18-19H,3-4,8-13H2,1-2H3/t18-/m0/s1. The Labute approximate surface area is 123 Å². The summed E-state index contributed by atoms with van der Waals surface area (Å²) in [6, 6.07) is 7.46. The first-order chi connectivity index (χ1) is 9.77. The predicted octanol–water partition coefficient (Wildman–Crippen LogP) is 3.44. The number of nitrogens with one attached hydrogen (secondary N) is 1. The predicted molar refractivity (Wildman–Crippen MR) is 85.1 cm³/mol. The van der Waals surface area contributed by atoms with Gasteiger partial charge in [-0.3, -0.25) is 4.90 Å². The summed E-state index contributed by atoms with van der Waals surface area (Å²) in [5.41, 5.74) is 4.60. The van der Waals surface area contributed by atoms with Crippen molar-refractivity contribution in [1.82, 2.24) is 10.2 Å². The third-order valence-electron chi connectivity index (χ3n) is 5.23. The van der Waals surface area contributed by atoms with Gasteiger partial charge in [0.05, 0.1) is 0 Å². The average molecular weight is 272 g/mol. The third kappa shape index (κ3) is 2.77. The smallest absolute Gasteiger partial charge is 0.0382 e. The molecule has 0 aromatic heterocycles. The molecule has 1 aliphatic carbocycles. The number of benzene rings is 1. The Morgan fingerprint density at radius 3 is 2.25 bits per heavy atom. The number of hydrogen-bond acceptors (Lipinski definition) is 2. The van der Waals surface area contributed by atoms with Crippen LogP contribution in [0.3, 0.4) is 0 Å². The van der Waals surface area contributed by atoms with Crippen LogP contribution in [0.1, 0.15) is 48.4 Å². The Balaban J connectivity index is 1.95. The Kier molecular flexibility index (Phi) is 4.42. The van der Waals surface area contributed by atoms with Crippen molar-refractivity contribution in [3.8, 4) is 0 Å². The number of piperazine rings is 1. The molecule has 2 fully saturated rings. The Morgan fingerprint density at radius 2 is 1.65 bits per heavy atom. The van der Waals surface area contributed by atoms with Gasteiger partial charge in [0.25, 0.3) is 0 Å². The van der Waals surface area contributed by atoms with E-state index in [9.17, 15) is 0 Å². The van der Waals surface area contributed by atoms with Gasteiger partial charge >= 0.3 is 0 Å². The SMILES string of the molecule is Cc1cccc(C)c1[C@H](C1CCCC1)N1CCNCC1. The zero-order valence-corrected chi connectivity index (χ0v) is 13.0. The van der Waals surface area contributed by atoms with E-state index >= 15 is 0 Å². The second-order valence-electron chi connectivity index (χ2n) is 6.58. The summed E-state index contributed by atoms with van der Waals surface area (Å²) in [5.74, 6) is 0.868. The molecule has 0 radical (unpaired) electrons. The molecule has 1 saturated carbocycles. The molecule has 110 valence electrons. The first-order valence-electron chi connectivity index (χ1n) is 8.28. The zero-order chi connectivity index (χ0) is 13.9. The van der Waals surface area contributed by atoms with Crippen molar-refractivity contribution >= 4 is 0 Å². The lowest BCUT2D eigenvalue weighted by molar-refractivity contribution is 0.124. The van der Waals surface area contributed by atoms with Crippen LogP contribution in [0.4, 0.5) is 0 Å². The van der Waals surface area contributed by atoms with Crippen molar-refractivity contribution in [3.63, 3.8) is 0 Å². The minimum absolute atomic E-state index is 0.654. The summed E-state index contributed by atoms with van der Waals surface area (Å²) >= 11 is 0. The molecule has 0 spiro atoms. The number of nitrogens with zero attached hydrogens (tertiary/aromatic N) is 1. The van der Waals surface area contributed by atoms with Crippen LogP contribution in [0, 0.1) is 19.8 Å². The van der Waals surface area contributed by atoms with Crippen LogP contribution in [0.2, 0.25) is 0 Å². The zero-order valence-electron chi connectivity index (χ0n) is 13.0. The molecule has 20 heavy (non-hydrogen) atoms. The highest BCUT2D eigenvalue weighted by molar-refractivity contribution is 5.37. The van der Waals surface area contributed by atoms with Crippen molar-refractivity contribution in [1.29, 1.82) is 0 Å². The summed E-state index contributed by atoms with van der Waals surface area (Å²) < 4.78 is 0. The maximum absolute atomic E-state index is 3.50. The second kappa shape index (κ2) is 6.28. The van der Waals surface area contributed by atoms with Gasteiger partial charge in [0.2, 0.25) is 0 Å². The van der Waals surface area contributed by atoms with E-state index in [4.69, 9.17) is 0 Å². The topological polar surface area (TPSA) is 15.3 Å². The van der Waals surface area contributed by atoms with Gasteiger partial charge in [-0.1, -0.05) is 31.0 Å². The van der Waals surface area contributed by atoms with Gasteiger partial charge in [-0.25, -0.2) is 0 Å². The van der Waals surface area contributed by atoms with Gasteiger partial charge in [-0.05, 0) is 49.3 Å². The van der Waals surface area contributed by atoms with Crippen LogP contribution in [-0.2, 0) is 0 Å². The quantitative estimate of drug-likeness (QED) is 0.907. The van der Waals surface area contributed by atoms with Crippen molar-refractivity contribution in [2.24, 2.45) is 5.92 Å². The fourth-order valence-corrected chi connectivity index (χ4v) is 4.24. The molecule has 0 bridgehead atoms. The molecule has 2 nitrogen and oxygen atoms in total. The summed E-state index contributed by atoms with van der Waals surface area (Å²) in [7, 11) is 0. The molecule has 1 N–H and O–H groups in total. The first kappa shape index (κ1) is 14.1. The molecule has 3 rings (SSSR count). The van der Waals surface area contributed by atoms with Crippen molar-refractivity contribution in [3.05, 3.63) is 34.9 Å². The molecule has 0 amide bonds. The number of hydrogen-bond donors (Lipinski definition) is 1. The minimum atomic E-state index is 0.654. The van der Waals surface area contributed by atoms with E-state index in [0.717, 1.165) is 19.0 Å². The molecule has 1 atom stereocenters. The Hall–Kier alpha value is -0.860. The number of aryl methyl sites for hydroxylation is 2. The molecule has 1 saturated heterocycles. The molecule has 1 aliphatic heterocycles. The van der Waals surface area contributed by atoms with Crippen LogP contribution in [0.5, 0.6) is 0 Å². The molecule has 0 unspecified atom stereocenters. The lowest BCUT2D eigenvalue weighted by atomic mass is 9.85. The van der Waals surface area contributed by atoms with Gasteiger partial charge in [0, 0.05) is 32.2 Å². The van der Waals surface area contributed by atoms with E-state index in [0.29, 0.717) is 6.04 Å². The Morgan fingerprint density at radius 1 is 1.05 bits per heavy atom. The van der Waals surface area contributed by atoms with Gasteiger partial charge in [-0.2, -0.15) is 0 Å². The van der Waals surface area contributed by atoms with E-state index in [1.54, 1.807) is 5.56 Å². The van der Waals surface area contributed by atoms with Crippen LogP contribution in [-0.4, -0.2) is 31.1 Å². The summed E-state index contributed by atoms with van der Waals surface area (Å²) in [5, 5.41) is 3.50. The largest absolute Gasteiger partial charge is 0.314 e. The van der Waals surface area contributed by atoms with Crippen LogP contribution in [0.25, 0.3) is 0 Å². The second-order valence-corrected chi connectivity index (χ2v) is 6.58. The van der Waals surface area contributed by atoms with Gasteiger partial charge in [-0.15, -0.1) is 0 Å². The van der Waals surface area contributed by atoms with E-state index < -0.39 is 0 Å². The van der Waals surface area contributed by atoms with Crippen LogP contribution < -0.4 is 5.32 Å². The van der Waals surface area contributed by atoms with Crippen LogP contribution >= 0.6 is 0 Å².